The first-order chi connectivity index (χ1) is 14.2. The molecular weight excluding hydrogens is 356 g/mol. The van der Waals surface area contributed by atoms with Gasteiger partial charge in [-0.25, -0.2) is 0 Å². The average Bonchev–Trinajstić information content (AvgIpc) is 3.17. The van der Waals surface area contributed by atoms with Crippen LogP contribution in [0.1, 0.15) is 28.7 Å². The fourth-order valence-electron chi connectivity index (χ4n) is 4.86. The van der Waals surface area contributed by atoms with Crippen LogP contribution in [0.25, 0.3) is 6.08 Å². The maximum absolute atomic E-state index is 5.72. The zero-order chi connectivity index (χ0) is 19.8. The van der Waals surface area contributed by atoms with Crippen molar-refractivity contribution >= 4 is 6.08 Å². The minimum Gasteiger partial charge on any atom is -0.493 e. The van der Waals surface area contributed by atoms with E-state index in [2.05, 4.69) is 78.9 Å². The summed E-state index contributed by atoms with van der Waals surface area (Å²) in [5.74, 6) is 1.61. The van der Waals surface area contributed by atoms with Crippen molar-refractivity contribution < 1.29 is 9.47 Å². The van der Waals surface area contributed by atoms with Crippen LogP contribution in [0.15, 0.2) is 90.0 Å². The molecule has 2 aliphatic carbocycles. The van der Waals surface area contributed by atoms with E-state index in [9.17, 15) is 0 Å². The van der Waals surface area contributed by atoms with Crippen molar-refractivity contribution in [3.8, 4) is 11.5 Å². The van der Waals surface area contributed by atoms with Gasteiger partial charge in [-0.15, -0.1) is 0 Å². The van der Waals surface area contributed by atoms with E-state index in [4.69, 9.17) is 9.47 Å². The second-order valence-corrected chi connectivity index (χ2v) is 7.77. The van der Waals surface area contributed by atoms with Gasteiger partial charge in [-0.1, -0.05) is 72.8 Å². The van der Waals surface area contributed by atoms with Gasteiger partial charge in [0.2, 0.25) is 0 Å². The van der Waals surface area contributed by atoms with Crippen LogP contribution in [0.5, 0.6) is 11.5 Å². The van der Waals surface area contributed by atoms with Crippen LogP contribution in [0.4, 0.5) is 0 Å². The highest BCUT2D eigenvalue weighted by Crippen LogP contribution is 2.51. The van der Waals surface area contributed by atoms with Crippen LogP contribution >= 0.6 is 0 Å². The van der Waals surface area contributed by atoms with Gasteiger partial charge in [0, 0.05) is 11.0 Å². The van der Waals surface area contributed by atoms with E-state index in [1.165, 1.54) is 27.8 Å². The van der Waals surface area contributed by atoms with Crippen LogP contribution in [0.3, 0.4) is 0 Å². The summed E-state index contributed by atoms with van der Waals surface area (Å²) >= 11 is 0. The predicted octanol–water partition coefficient (Wildman–Crippen LogP) is 5.96. The van der Waals surface area contributed by atoms with Gasteiger partial charge in [-0.05, 0) is 52.8 Å². The van der Waals surface area contributed by atoms with E-state index in [0.717, 1.165) is 29.9 Å². The SMILES string of the molecule is COc1ccc2c(c1OC)C=C1CC(c3ccccc3)(c3ccccc3)C=C1C2. The number of fused-ring (bicyclic) bond motifs is 2. The number of benzene rings is 3. The lowest BCUT2D eigenvalue weighted by atomic mass is 9.73. The number of allylic oxidation sites excluding steroid dienone is 3. The van der Waals surface area contributed by atoms with Gasteiger partial charge in [-0.3, -0.25) is 0 Å². The van der Waals surface area contributed by atoms with Crippen LogP contribution in [0.2, 0.25) is 0 Å². The molecule has 29 heavy (non-hydrogen) atoms. The summed E-state index contributed by atoms with van der Waals surface area (Å²) in [6.07, 6.45) is 6.67. The summed E-state index contributed by atoms with van der Waals surface area (Å²) in [6, 6.07) is 25.9. The molecule has 0 amide bonds. The molecule has 0 radical (unpaired) electrons. The van der Waals surface area contributed by atoms with Gasteiger partial charge in [0.05, 0.1) is 14.2 Å². The highest BCUT2D eigenvalue weighted by molar-refractivity contribution is 5.76. The average molecular weight is 380 g/mol. The molecule has 0 heterocycles. The minimum atomic E-state index is -0.136. The number of methoxy groups -OCH3 is 2. The Morgan fingerprint density at radius 2 is 1.38 bits per heavy atom. The van der Waals surface area contributed by atoms with E-state index in [0.29, 0.717) is 0 Å². The molecule has 2 nitrogen and oxygen atoms in total. The molecule has 5 rings (SSSR count). The molecule has 0 saturated heterocycles. The van der Waals surface area contributed by atoms with Crippen molar-refractivity contribution in [1.29, 1.82) is 0 Å². The largest absolute Gasteiger partial charge is 0.493 e. The van der Waals surface area contributed by atoms with Gasteiger partial charge >= 0.3 is 0 Å². The lowest BCUT2D eigenvalue weighted by molar-refractivity contribution is 0.354. The second-order valence-electron chi connectivity index (χ2n) is 7.77. The molecule has 2 heteroatoms. The van der Waals surface area contributed by atoms with Crippen molar-refractivity contribution in [3.63, 3.8) is 0 Å². The van der Waals surface area contributed by atoms with Gasteiger partial charge in [0.25, 0.3) is 0 Å². The fraction of sp³-hybridized carbons (Fsp3) is 0.185. The molecule has 0 unspecified atom stereocenters. The van der Waals surface area contributed by atoms with Gasteiger partial charge in [0.1, 0.15) is 0 Å². The number of hydrogen-bond acceptors (Lipinski definition) is 2. The van der Waals surface area contributed by atoms with Crippen molar-refractivity contribution in [1.82, 2.24) is 0 Å². The van der Waals surface area contributed by atoms with Crippen LogP contribution in [-0.2, 0) is 11.8 Å². The normalized spacial score (nSPS) is 16.3. The third-order valence-corrected chi connectivity index (χ3v) is 6.25. The molecule has 0 atom stereocenters. The molecule has 0 fully saturated rings. The van der Waals surface area contributed by atoms with E-state index < -0.39 is 0 Å². The lowest BCUT2D eigenvalue weighted by Gasteiger charge is -2.29. The number of rotatable bonds is 4. The Balaban J connectivity index is 1.68. The van der Waals surface area contributed by atoms with Gasteiger partial charge in [-0.2, -0.15) is 0 Å². The number of ether oxygens (including phenoxy) is 2. The highest BCUT2D eigenvalue weighted by Gasteiger charge is 2.40. The van der Waals surface area contributed by atoms with Crippen LogP contribution in [0, 0.1) is 0 Å². The molecular formula is C27H24O2. The Labute approximate surface area is 172 Å². The van der Waals surface area contributed by atoms with Crippen molar-refractivity contribution in [2.24, 2.45) is 0 Å². The zero-order valence-corrected chi connectivity index (χ0v) is 16.8. The maximum atomic E-state index is 5.72. The summed E-state index contributed by atoms with van der Waals surface area (Å²) in [4.78, 5) is 0. The molecule has 0 N–H and O–H groups in total. The second kappa shape index (κ2) is 6.97. The van der Waals surface area contributed by atoms with Crippen LogP contribution < -0.4 is 9.47 Å². The van der Waals surface area contributed by atoms with Crippen molar-refractivity contribution in [3.05, 3.63) is 112 Å². The third-order valence-electron chi connectivity index (χ3n) is 6.25. The first kappa shape index (κ1) is 17.8. The number of hydrogen-bond donors (Lipinski definition) is 0. The van der Waals surface area contributed by atoms with E-state index >= 15 is 0 Å². The Morgan fingerprint density at radius 1 is 0.724 bits per heavy atom. The summed E-state index contributed by atoms with van der Waals surface area (Å²) in [5.41, 5.74) is 7.77. The van der Waals surface area contributed by atoms with E-state index in [1.54, 1.807) is 14.2 Å². The molecule has 0 aliphatic heterocycles. The Hall–Kier alpha value is -3.26. The van der Waals surface area contributed by atoms with Crippen molar-refractivity contribution in [2.75, 3.05) is 14.2 Å². The van der Waals surface area contributed by atoms with Crippen molar-refractivity contribution in [2.45, 2.75) is 18.3 Å². The Morgan fingerprint density at radius 3 is 1.97 bits per heavy atom. The molecule has 3 aromatic carbocycles. The zero-order valence-electron chi connectivity index (χ0n) is 16.8. The molecule has 2 aliphatic rings. The molecule has 0 aromatic heterocycles. The summed E-state index contributed by atoms with van der Waals surface area (Å²) < 4.78 is 11.2. The topological polar surface area (TPSA) is 18.5 Å². The van der Waals surface area contributed by atoms with Crippen LogP contribution in [-0.4, -0.2) is 14.2 Å². The monoisotopic (exact) mass is 380 g/mol. The molecule has 144 valence electrons. The van der Waals surface area contributed by atoms with E-state index in [1.807, 2.05) is 6.07 Å². The standard InChI is InChI=1S/C27H24O2/c1-28-25-14-13-19-15-20-17-27(22-9-5-3-6-10-22,23-11-7-4-8-12-23)18-21(20)16-24(19)26(25)29-2/h3-14,16-17H,15,18H2,1-2H3. The van der Waals surface area contributed by atoms with Gasteiger partial charge in [0.15, 0.2) is 11.5 Å². The molecule has 0 bridgehead atoms. The quantitative estimate of drug-likeness (QED) is 0.556. The molecule has 3 aromatic rings. The Kier molecular flexibility index (Phi) is 4.28. The summed E-state index contributed by atoms with van der Waals surface area (Å²) in [6.45, 7) is 0. The molecule has 0 spiro atoms. The highest BCUT2D eigenvalue weighted by atomic mass is 16.5. The minimum absolute atomic E-state index is 0.136. The predicted molar refractivity (Wildman–Crippen MR) is 118 cm³/mol. The first-order valence-corrected chi connectivity index (χ1v) is 10.0. The summed E-state index contributed by atoms with van der Waals surface area (Å²) in [7, 11) is 3.41. The summed E-state index contributed by atoms with van der Waals surface area (Å²) in [5, 5.41) is 0. The lowest BCUT2D eigenvalue weighted by Crippen LogP contribution is -2.22. The first-order valence-electron chi connectivity index (χ1n) is 10.0. The molecule has 0 saturated carbocycles. The fourth-order valence-corrected chi connectivity index (χ4v) is 4.86. The third kappa shape index (κ3) is 2.79. The smallest absolute Gasteiger partial charge is 0.168 e. The maximum Gasteiger partial charge on any atom is 0.168 e. The van der Waals surface area contributed by atoms with Gasteiger partial charge < -0.3 is 9.47 Å². The van der Waals surface area contributed by atoms with E-state index in [-0.39, 0.29) is 5.41 Å². The Bertz CT molecular complexity index is 1070.